The van der Waals surface area contributed by atoms with Crippen molar-refractivity contribution >= 4 is 17.6 Å². The number of hydrogen-bond donors (Lipinski definition) is 3. The van der Waals surface area contributed by atoms with Crippen LogP contribution in [0, 0.1) is 0 Å². The Labute approximate surface area is 86.1 Å². The quantitative estimate of drug-likeness (QED) is 0.634. The van der Waals surface area contributed by atoms with Gasteiger partial charge in [0.2, 0.25) is 5.91 Å². The minimum atomic E-state index is -0.983. The second kappa shape index (κ2) is 3.61. The first-order chi connectivity index (χ1) is 7.16. The monoisotopic (exact) mass is 206 g/mol. The first kappa shape index (κ1) is 9.51. The van der Waals surface area contributed by atoms with Crippen molar-refractivity contribution in [2.45, 2.75) is 12.6 Å². The molecule has 15 heavy (non-hydrogen) atoms. The molecule has 1 atom stereocenters. The highest BCUT2D eigenvalue weighted by Crippen LogP contribution is 2.17. The first-order valence-electron chi connectivity index (χ1n) is 4.55. The van der Waals surface area contributed by atoms with Gasteiger partial charge in [0.15, 0.2) is 0 Å². The van der Waals surface area contributed by atoms with E-state index < -0.39 is 5.97 Å². The Morgan fingerprint density at radius 1 is 1.47 bits per heavy atom. The van der Waals surface area contributed by atoms with Gasteiger partial charge in [-0.05, 0) is 12.1 Å². The van der Waals surface area contributed by atoms with E-state index in [1.807, 2.05) is 0 Å². The fourth-order valence-corrected chi connectivity index (χ4v) is 1.43. The maximum Gasteiger partial charge on any atom is 0.337 e. The highest BCUT2D eigenvalue weighted by atomic mass is 16.4. The van der Waals surface area contributed by atoms with Gasteiger partial charge >= 0.3 is 5.97 Å². The summed E-state index contributed by atoms with van der Waals surface area (Å²) in [5.74, 6) is -1.01. The number of amides is 1. The van der Waals surface area contributed by atoms with Gasteiger partial charge in [-0.3, -0.25) is 4.79 Å². The molecule has 1 fully saturated rings. The molecule has 1 aliphatic heterocycles. The van der Waals surface area contributed by atoms with Gasteiger partial charge in [0.25, 0.3) is 0 Å². The second-order valence-corrected chi connectivity index (χ2v) is 3.32. The maximum absolute atomic E-state index is 10.8. The third-order valence-corrected chi connectivity index (χ3v) is 2.21. The molecule has 0 saturated carbocycles. The van der Waals surface area contributed by atoms with Crippen molar-refractivity contribution in [1.82, 2.24) is 5.32 Å². The van der Waals surface area contributed by atoms with E-state index in [0.717, 1.165) is 0 Å². The van der Waals surface area contributed by atoms with Crippen LogP contribution in [-0.4, -0.2) is 23.1 Å². The Morgan fingerprint density at radius 2 is 2.13 bits per heavy atom. The minimum Gasteiger partial charge on any atom is -0.478 e. The number of β-lactam (4-membered cyclic amide) rings is 1. The summed E-state index contributed by atoms with van der Waals surface area (Å²) in [6.45, 7) is 0. The number of para-hydroxylation sites is 1. The van der Waals surface area contributed by atoms with Crippen LogP contribution in [-0.2, 0) is 4.79 Å². The van der Waals surface area contributed by atoms with Gasteiger partial charge in [0, 0.05) is 0 Å². The maximum atomic E-state index is 10.8. The molecular formula is C10H10N2O3. The van der Waals surface area contributed by atoms with Crippen molar-refractivity contribution in [2.75, 3.05) is 5.32 Å². The summed E-state index contributed by atoms with van der Waals surface area (Å²) in [4.78, 5) is 21.5. The fourth-order valence-electron chi connectivity index (χ4n) is 1.43. The lowest BCUT2D eigenvalue weighted by atomic mass is 10.1. The van der Waals surface area contributed by atoms with Crippen LogP contribution < -0.4 is 10.6 Å². The number of hydrogen-bond acceptors (Lipinski definition) is 3. The lowest BCUT2D eigenvalue weighted by molar-refractivity contribution is -0.127. The predicted octanol–water partition coefficient (Wildman–Crippen LogP) is 0.643. The molecule has 5 nitrogen and oxygen atoms in total. The summed E-state index contributed by atoms with van der Waals surface area (Å²) in [6.07, 6.45) is 0.228. The molecule has 1 unspecified atom stereocenters. The Bertz CT molecular complexity index is 409. The standard InChI is InChI=1S/C10H10N2O3/c13-9-5-8(12-9)11-7-4-2-1-3-6(7)10(14)15/h1-4,8,11H,5H2,(H,12,13)(H,14,15). The largest absolute Gasteiger partial charge is 0.478 e. The van der Waals surface area contributed by atoms with Crippen LogP contribution in [0.15, 0.2) is 24.3 Å². The van der Waals surface area contributed by atoms with E-state index in [0.29, 0.717) is 12.1 Å². The van der Waals surface area contributed by atoms with E-state index in [-0.39, 0.29) is 17.6 Å². The molecule has 1 aromatic rings. The molecule has 2 rings (SSSR count). The smallest absolute Gasteiger partial charge is 0.337 e. The number of nitrogens with one attached hydrogen (secondary N) is 2. The van der Waals surface area contributed by atoms with Crippen molar-refractivity contribution in [1.29, 1.82) is 0 Å². The van der Waals surface area contributed by atoms with Gasteiger partial charge in [0.05, 0.1) is 17.7 Å². The van der Waals surface area contributed by atoms with Crippen molar-refractivity contribution < 1.29 is 14.7 Å². The molecule has 1 heterocycles. The summed E-state index contributed by atoms with van der Waals surface area (Å²) in [6, 6.07) is 6.60. The van der Waals surface area contributed by atoms with E-state index >= 15 is 0 Å². The highest BCUT2D eigenvalue weighted by Gasteiger charge is 2.25. The lowest BCUT2D eigenvalue weighted by Crippen LogP contribution is -2.53. The van der Waals surface area contributed by atoms with Crippen LogP contribution in [0.1, 0.15) is 16.8 Å². The highest BCUT2D eigenvalue weighted by molar-refractivity contribution is 5.94. The van der Waals surface area contributed by atoms with Gasteiger partial charge in [-0.25, -0.2) is 4.79 Å². The molecule has 1 aromatic carbocycles. The van der Waals surface area contributed by atoms with Gasteiger partial charge in [-0.1, -0.05) is 12.1 Å². The van der Waals surface area contributed by atoms with Crippen LogP contribution >= 0.6 is 0 Å². The number of carboxylic acid groups (broad SMARTS) is 1. The molecule has 3 N–H and O–H groups in total. The van der Waals surface area contributed by atoms with Crippen LogP contribution in [0.4, 0.5) is 5.69 Å². The number of carbonyl (C=O) groups excluding carboxylic acids is 1. The number of carbonyl (C=O) groups is 2. The van der Waals surface area contributed by atoms with Crippen LogP contribution in [0.25, 0.3) is 0 Å². The summed E-state index contributed by atoms with van der Waals surface area (Å²) in [5, 5.41) is 14.5. The van der Waals surface area contributed by atoms with Crippen LogP contribution in [0.2, 0.25) is 0 Å². The second-order valence-electron chi connectivity index (χ2n) is 3.32. The minimum absolute atomic E-state index is 0.0275. The Hall–Kier alpha value is -2.04. The van der Waals surface area contributed by atoms with Crippen molar-refractivity contribution in [3.05, 3.63) is 29.8 Å². The Kier molecular flexibility index (Phi) is 2.29. The number of anilines is 1. The van der Waals surface area contributed by atoms with E-state index in [1.165, 1.54) is 6.07 Å². The molecule has 0 aromatic heterocycles. The van der Waals surface area contributed by atoms with Crippen molar-refractivity contribution in [2.24, 2.45) is 0 Å². The van der Waals surface area contributed by atoms with Gasteiger partial charge in [0.1, 0.15) is 6.17 Å². The summed E-state index contributed by atoms with van der Waals surface area (Å²) in [5.41, 5.74) is 0.730. The molecule has 1 aliphatic rings. The fraction of sp³-hybridized carbons (Fsp3) is 0.200. The molecular weight excluding hydrogens is 196 g/mol. The van der Waals surface area contributed by atoms with Crippen molar-refractivity contribution in [3.8, 4) is 0 Å². The summed E-state index contributed by atoms with van der Waals surface area (Å²) in [7, 11) is 0. The molecule has 0 spiro atoms. The average Bonchev–Trinajstić information content (AvgIpc) is 2.16. The number of benzene rings is 1. The normalized spacial score (nSPS) is 18.9. The summed E-state index contributed by atoms with van der Waals surface area (Å²) >= 11 is 0. The van der Waals surface area contributed by atoms with Gasteiger partial charge < -0.3 is 15.7 Å². The molecule has 0 radical (unpaired) electrons. The van der Waals surface area contributed by atoms with E-state index in [4.69, 9.17) is 5.11 Å². The van der Waals surface area contributed by atoms with Crippen LogP contribution in [0.5, 0.6) is 0 Å². The summed E-state index contributed by atoms with van der Waals surface area (Å²) < 4.78 is 0. The van der Waals surface area contributed by atoms with Crippen LogP contribution in [0.3, 0.4) is 0 Å². The molecule has 0 bridgehead atoms. The number of aromatic carboxylic acids is 1. The van der Waals surface area contributed by atoms with Gasteiger partial charge in [-0.2, -0.15) is 0 Å². The zero-order chi connectivity index (χ0) is 10.8. The molecule has 1 saturated heterocycles. The zero-order valence-corrected chi connectivity index (χ0v) is 7.86. The van der Waals surface area contributed by atoms with E-state index in [9.17, 15) is 9.59 Å². The molecule has 78 valence electrons. The molecule has 0 aliphatic carbocycles. The Balaban J connectivity index is 2.13. The third-order valence-electron chi connectivity index (χ3n) is 2.21. The third kappa shape index (κ3) is 1.90. The van der Waals surface area contributed by atoms with Crippen molar-refractivity contribution in [3.63, 3.8) is 0 Å². The first-order valence-corrected chi connectivity index (χ1v) is 4.55. The average molecular weight is 206 g/mol. The number of carboxylic acids is 1. The topological polar surface area (TPSA) is 78.4 Å². The predicted molar refractivity (Wildman–Crippen MR) is 53.6 cm³/mol. The molecule has 1 amide bonds. The van der Waals surface area contributed by atoms with E-state index in [1.54, 1.807) is 18.2 Å². The SMILES string of the molecule is O=C1CC(Nc2ccccc2C(=O)O)N1. The zero-order valence-electron chi connectivity index (χ0n) is 7.86. The molecule has 5 heteroatoms. The van der Waals surface area contributed by atoms with E-state index in [2.05, 4.69) is 10.6 Å². The Morgan fingerprint density at radius 3 is 2.73 bits per heavy atom. The van der Waals surface area contributed by atoms with Gasteiger partial charge in [-0.15, -0.1) is 0 Å². The number of rotatable bonds is 3. The lowest BCUT2D eigenvalue weighted by Gasteiger charge is -2.29.